The van der Waals surface area contributed by atoms with Crippen LogP contribution in [0, 0.1) is 0 Å². The molecule has 0 atom stereocenters. The van der Waals surface area contributed by atoms with Gasteiger partial charge in [-0.15, -0.1) is 0 Å². The van der Waals surface area contributed by atoms with Gasteiger partial charge in [-0.3, -0.25) is 0 Å². The Kier molecular flexibility index (Phi) is 8.95. The minimum Gasteiger partial charge on any atom is -0.325 e. The highest BCUT2D eigenvalue weighted by atomic mass is 28.2. The predicted octanol–water partition coefficient (Wildman–Crippen LogP) is 2.12. The summed E-state index contributed by atoms with van der Waals surface area (Å²) in [5, 5.41) is 0. The van der Waals surface area contributed by atoms with Crippen LogP contribution in [-0.4, -0.2) is 27.3 Å². The fourth-order valence-electron chi connectivity index (χ4n) is 1.32. The van der Waals surface area contributed by atoms with Gasteiger partial charge in [0.25, 0.3) is 0 Å². The Morgan fingerprint density at radius 1 is 1.08 bits per heavy atom. The third-order valence-corrected chi connectivity index (χ3v) is 3.54. The summed E-state index contributed by atoms with van der Waals surface area (Å²) in [4.78, 5) is 0. The molecule has 72 valence electrons. The predicted molar refractivity (Wildman–Crippen MR) is 60.1 cm³/mol. The average Bonchev–Trinajstić information content (AvgIpc) is 2.06. The fraction of sp³-hybridized carbons (Fsp3) is 0.800. The maximum Gasteiger partial charge on any atom is 0.119 e. The molecule has 0 aliphatic rings. The molecule has 0 aromatic heterocycles. The van der Waals surface area contributed by atoms with Gasteiger partial charge in [0.15, 0.2) is 0 Å². The molecule has 0 bridgehead atoms. The highest BCUT2D eigenvalue weighted by molar-refractivity contribution is 6.38. The summed E-state index contributed by atoms with van der Waals surface area (Å²) in [5.41, 5.74) is 2.42. The lowest BCUT2D eigenvalue weighted by molar-refractivity contribution is 0.444. The first kappa shape index (κ1) is 11.9. The first-order valence-corrected chi connectivity index (χ1v) is 6.67. The molecule has 0 heterocycles. The van der Waals surface area contributed by atoms with Crippen LogP contribution in [-0.2, 0) is 0 Å². The molecular formula is C10H23NSi. The Labute approximate surface area is 79.7 Å². The molecule has 0 aromatic rings. The van der Waals surface area contributed by atoms with E-state index in [-0.39, 0.29) is 9.68 Å². The Bertz CT molecular complexity index is 106. The summed E-state index contributed by atoms with van der Waals surface area (Å²) in [7, 11) is -0.0549. The van der Waals surface area contributed by atoms with Crippen molar-refractivity contribution in [3.05, 3.63) is 11.8 Å². The van der Waals surface area contributed by atoms with Crippen molar-refractivity contribution in [2.24, 2.45) is 0 Å². The van der Waals surface area contributed by atoms with Crippen LogP contribution in [0.25, 0.3) is 0 Å². The molecule has 0 aromatic carbocycles. The van der Waals surface area contributed by atoms with Gasteiger partial charge in [-0.25, -0.2) is 0 Å². The van der Waals surface area contributed by atoms with E-state index in [0.29, 0.717) is 0 Å². The van der Waals surface area contributed by atoms with Gasteiger partial charge in [0.05, 0.1) is 0 Å². The van der Waals surface area contributed by atoms with Crippen LogP contribution >= 0.6 is 0 Å². The van der Waals surface area contributed by atoms with E-state index in [4.69, 9.17) is 0 Å². The summed E-state index contributed by atoms with van der Waals surface area (Å²) in [6, 6.07) is 0. The number of nitrogens with zero attached hydrogens (tertiary/aromatic N) is 1. The molecule has 0 rings (SSSR count). The first-order chi connectivity index (χ1) is 5.85. The Balaban J connectivity index is 3.54. The van der Waals surface area contributed by atoms with Gasteiger partial charge < -0.3 is 4.57 Å². The monoisotopic (exact) mass is 185 g/mol. The van der Waals surface area contributed by atoms with Gasteiger partial charge in [-0.05, 0) is 32.4 Å². The van der Waals surface area contributed by atoms with E-state index in [1.54, 1.807) is 0 Å². The van der Waals surface area contributed by atoms with Gasteiger partial charge >= 0.3 is 0 Å². The third-order valence-electron chi connectivity index (χ3n) is 1.85. The second kappa shape index (κ2) is 9.01. The maximum atomic E-state index is 2.64. The van der Waals surface area contributed by atoms with Crippen molar-refractivity contribution < 1.29 is 0 Å². The van der Waals surface area contributed by atoms with Crippen molar-refractivity contribution in [2.45, 2.75) is 40.0 Å². The van der Waals surface area contributed by atoms with Crippen molar-refractivity contribution in [1.82, 2.24) is 4.57 Å². The SMILES string of the molecule is CCC=C[SiH2]N(CCC)CCC. The van der Waals surface area contributed by atoms with Gasteiger partial charge in [-0.1, -0.05) is 32.5 Å². The van der Waals surface area contributed by atoms with E-state index in [2.05, 4.69) is 37.1 Å². The molecule has 0 radical (unpaired) electrons. The minimum absolute atomic E-state index is 0.0549. The highest BCUT2D eigenvalue weighted by Crippen LogP contribution is 1.92. The van der Waals surface area contributed by atoms with Gasteiger partial charge in [-0.2, -0.15) is 0 Å². The molecule has 0 aliphatic carbocycles. The van der Waals surface area contributed by atoms with Crippen LogP contribution in [0.15, 0.2) is 11.8 Å². The molecule has 0 amide bonds. The topological polar surface area (TPSA) is 3.24 Å². The van der Waals surface area contributed by atoms with Crippen molar-refractivity contribution in [1.29, 1.82) is 0 Å². The molecule has 0 saturated heterocycles. The standard InChI is InChI=1S/C10H23NSi/c1-4-7-10-12-11(8-5-2)9-6-3/h7,10H,4-6,8-9,12H2,1-3H3. The molecule has 0 spiro atoms. The molecule has 0 saturated carbocycles. The number of rotatable bonds is 7. The fourth-order valence-corrected chi connectivity index (χ4v) is 3.10. The maximum absolute atomic E-state index is 2.64. The Hall–Kier alpha value is -0.0831. The quantitative estimate of drug-likeness (QED) is 0.549. The lowest BCUT2D eigenvalue weighted by Gasteiger charge is -2.18. The van der Waals surface area contributed by atoms with Crippen molar-refractivity contribution in [3.8, 4) is 0 Å². The molecule has 2 heteroatoms. The largest absolute Gasteiger partial charge is 0.325 e. The summed E-state index contributed by atoms with van der Waals surface area (Å²) >= 11 is 0. The Morgan fingerprint density at radius 3 is 2.08 bits per heavy atom. The normalized spacial score (nSPS) is 12.7. The van der Waals surface area contributed by atoms with Crippen molar-refractivity contribution in [2.75, 3.05) is 13.1 Å². The van der Waals surface area contributed by atoms with Gasteiger partial charge in [0.1, 0.15) is 9.68 Å². The number of hydrogen-bond acceptors (Lipinski definition) is 1. The second-order valence-corrected chi connectivity index (χ2v) is 4.91. The van der Waals surface area contributed by atoms with E-state index in [0.717, 1.165) is 0 Å². The van der Waals surface area contributed by atoms with Gasteiger partial charge in [0, 0.05) is 0 Å². The smallest absolute Gasteiger partial charge is 0.119 e. The molecule has 12 heavy (non-hydrogen) atoms. The summed E-state index contributed by atoms with van der Waals surface area (Å²) in [6.45, 7) is 9.33. The van der Waals surface area contributed by atoms with Crippen LogP contribution in [0.2, 0.25) is 0 Å². The molecule has 0 aliphatic heterocycles. The lowest BCUT2D eigenvalue weighted by Crippen LogP contribution is -2.28. The molecule has 1 nitrogen and oxygen atoms in total. The number of hydrogen-bond donors (Lipinski definition) is 0. The van der Waals surface area contributed by atoms with Crippen molar-refractivity contribution >= 4 is 9.68 Å². The average molecular weight is 185 g/mol. The summed E-state index contributed by atoms with van der Waals surface area (Å²) in [5.74, 6) is 0. The second-order valence-electron chi connectivity index (χ2n) is 3.18. The van der Waals surface area contributed by atoms with Gasteiger partial charge in [0.2, 0.25) is 0 Å². The van der Waals surface area contributed by atoms with E-state index in [1.165, 1.54) is 32.4 Å². The zero-order valence-electron chi connectivity index (χ0n) is 8.84. The highest BCUT2D eigenvalue weighted by Gasteiger charge is 1.98. The van der Waals surface area contributed by atoms with Crippen LogP contribution in [0.4, 0.5) is 0 Å². The first-order valence-electron chi connectivity index (χ1n) is 5.22. The van der Waals surface area contributed by atoms with E-state index < -0.39 is 0 Å². The van der Waals surface area contributed by atoms with Crippen LogP contribution < -0.4 is 0 Å². The number of allylic oxidation sites excluding steroid dienone is 1. The third kappa shape index (κ3) is 6.62. The minimum atomic E-state index is -0.0549. The summed E-state index contributed by atoms with van der Waals surface area (Å²) < 4.78 is 2.64. The van der Waals surface area contributed by atoms with Crippen LogP contribution in [0.3, 0.4) is 0 Å². The van der Waals surface area contributed by atoms with Crippen LogP contribution in [0.1, 0.15) is 40.0 Å². The van der Waals surface area contributed by atoms with E-state index in [1.807, 2.05) is 0 Å². The van der Waals surface area contributed by atoms with E-state index in [9.17, 15) is 0 Å². The molecule has 0 fully saturated rings. The summed E-state index contributed by atoms with van der Waals surface area (Å²) in [6.07, 6.45) is 6.10. The molecular weight excluding hydrogens is 162 g/mol. The Morgan fingerprint density at radius 2 is 1.67 bits per heavy atom. The zero-order chi connectivity index (χ0) is 9.23. The molecule has 0 unspecified atom stereocenters. The molecule has 0 N–H and O–H groups in total. The zero-order valence-corrected chi connectivity index (χ0v) is 10.3. The van der Waals surface area contributed by atoms with Crippen molar-refractivity contribution in [3.63, 3.8) is 0 Å². The van der Waals surface area contributed by atoms with Crippen LogP contribution in [0.5, 0.6) is 0 Å². The van der Waals surface area contributed by atoms with E-state index >= 15 is 0 Å². The lowest BCUT2D eigenvalue weighted by atomic mass is 10.4.